The predicted molar refractivity (Wildman–Crippen MR) is 52.4 cm³/mol. The van der Waals surface area contributed by atoms with Crippen LogP contribution in [0.3, 0.4) is 0 Å². The number of nitrogens with zero attached hydrogens (tertiary/aromatic N) is 3. The van der Waals surface area contributed by atoms with Gasteiger partial charge in [0.25, 0.3) is 5.56 Å². The second-order valence-electron chi connectivity index (χ2n) is 3.10. The van der Waals surface area contributed by atoms with Gasteiger partial charge < -0.3 is 0 Å². The van der Waals surface area contributed by atoms with Gasteiger partial charge in [-0.1, -0.05) is 13.8 Å². The number of aromatic nitrogens is 4. The Morgan fingerprint density at radius 2 is 2.21 bits per heavy atom. The third-order valence-electron chi connectivity index (χ3n) is 2.13. The van der Waals surface area contributed by atoms with E-state index in [0.29, 0.717) is 5.78 Å². The van der Waals surface area contributed by atoms with Crippen molar-refractivity contribution in [3.63, 3.8) is 0 Å². The summed E-state index contributed by atoms with van der Waals surface area (Å²) in [4.78, 5) is 18.1. The fourth-order valence-corrected chi connectivity index (χ4v) is 1.40. The molecule has 2 aromatic rings. The number of aryl methyl sites for hydroxylation is 2. The van der Waals surface area contributed by atoms with Gasteiger partial charge in [0.1, 0.15) is 0 Å². The average Bonchev–Trinajstić information content (AvgIpc) is 2.59. The largest absolute Gasteiger partial charge is 0.291 e. The van der Waals surface area contributed by atoms with Crippen LogP contribution in [-0.2, 0) is 12.8 Å². The molecule has 1 N–H and O–H groups in total. The van der Waals surface area contributed by atoms with Crippen molar-refractivity contribution in [1.82, 2.24) is 19.6 Å². The van der Waals surface area contributed by atoms with Crippen LogP contribution in [0.25, 0.3) is 5.78 Å². The molecule has 0 radical (unpaired) electrons. The van der Waals surface area contributed by atoms with E-state index in [-0.39, 0.29) is 5.56 Å². The smallest absolute Gasteiger partial charge is 0.252 e. The van der Waals surface area contributed by atoms with Crippen molar-refractivity contribution in [3.8, 4) is 0 Å². The average molecular weight is 192 g/mol. The van der Waals surface area contributed by atoms with Crippen LogP contribution in [0.2, 0.25) is 0 Å². The minimum Gasteiger partial charge on any atom is -0.291 e. The van der Waals surface area contributed by atoms with Crippen LogP contribution in [0.4, 0.5) is 0 Å². The molecule has 5 heteroatoms. The fraction of sp³-hybridized carbons (Fsp3) is 0.444. The van der Waals surface area contributed by atoms with Crippen molar-refractivity contribution in [1.29, 1.82) is 0 Å². The van der Waals surface area contributed by atoms with Crippen molar-refractivity contribution < 1.29 is 0 Å². The zero-order valence-electron chi connectivity index (χ0n) is 8.24. The summed E-state index contributed by atoms with van der Waals surface area (Å²) in [5.41, 5.74) is 0.764. The van der Waals surface area contributed by atoms with E-state index in [0.717, 1.165) is 24.4 Å². The van der Waals surface area contributed by atoms with Gasteiger partial charge in [-0.3, -0.25) is 9.78 Å². The van der Waals surface area contributed by atoms with E-state index >= 15 is 0 Å². The Kier molecular flexibility index (Phi) is 2.07. The lowest BCUT2D eigenvalue weighted by Crippen LogP contribution is -2.11. The molecule has 0 atom stereocenters. The van der Waals surface area contributed by atoms with Crippen LogP contribution in [-0.4, -0.2) is 19.6 Å². The molecular weight excluding hydrogens is 180 g/mol. The number of fused-ring (bicyclic) bond motifs is 1. The van der Waals surface area contributed by atoms with Gasteiger partial charge in [-0.2, -0.15) is 4.98 Å². The van der Waals surface area contributed by atoms with E-state index < -0.39 is 0 Å². The molecule has 14 heavy (non-hydrogen) atoms. The van der Waals surface area contributed by atoms with E-state index in [1.807, 2.05) is 13.8 Å². The summed E-state index contributed by atoms with van der Waals surface area (Å²) >= 11 is 0. The van der Waals surface area contributed by atoms with Crippen molar-refractivity contribution in [2.24, 2.45) is 0 Å². The maximum atomic E-state index is 11.2. The Bertz CT molecular complexity index is 511. The number of H-pyrrole nitrogens is 1. The summed E-state index contributed by atoms with van der Waals surface area (Å²) in [6.07, 6.45) is 1.54. The molecule has 0 unspecified atom stereocenters. The second-order valence-corrected chi connectivity index (χ2v) is 3.10. The Hall–Kier alpha value is -1.65. The quantitative estimate of drug-likeness (QED) is 0.755. The minimum atomic E-state index is -0.121. The normalized spacial score (nSPS) is 11.0. The highest BCUT2D eigenvalue weighted by Crippen LogP contribution is 2.01. The number of aromatic amines is 1. The van der Waals surface area contributed by atoms with Gasteiger partial charge in [0.2, 0.25) is 5.78 Å². The van der Waals surface area contributed by atoms with Gasteiger partial charge in [-0.25, -0.2) is 4.52 Å². The molecule has 0 fully saturated rings. The lowest BCUT2D eigenvalue weighted by atomic mass is 10.3. The van der Waals surface area contributed by atoms with E-state index in [9.17, 15) is 4.79 Å². The maximum Gasteiger partial charge on any atom is 0.252 e. The van der Waals surface area contributed by atoms with Gasteiger partial charge in [-0.05, 0) is 6.42 Å². The molecule has 0 aliphatic carbocycles. The predicted octanol–water partition coefficient (Wildman–Crippen LogP) is 0.542. The molecule has 2 rings (SSSR count). The van der Waals surface area contributed by atoms with Gasteiger partial charge in [-0.15, -0.1) is 5.10 Å². The Labute approximate surface area is 80.8 Å². The van der Waals surface area contributed by atoms with Crippen LogP contribution in [0, 0.1) is 0 Å². The molecule has 0 aliphatic rings. The fourth-order valence-electron chi connectivity index (χ4n) is 1.40. The lowest BCUT2D eigenvalue weighted by Gasteiger charge is -1.97. The molecule has 0 spiro atoms. The van der Waals surface area contributed by atoms with Gasteiger partial charge in [0.05, 0.1) is 5.69 Å². The summed E-state index contributed by atoms with van der Waals surface area (Å²) in [5.74, 6) is 1.28. The van der Waals surface area contributed by atoms with E-state index in [1.54, 1.807) is 10.6 Å². The molecule has 2 aromatic heterocycles. The molecule has 0 amide bonds. The highest BCUT2D eigenvalue weighted by molar-refractivity contribution is 5.28. The number of rotatable bonds is 2. The van der Waals surface area contributed by atoms with E-state index in [1.165, 1.54) is 0 Å². The maximum absolute atomic E-state index is 11.2. The third-order valence-corrected chi connectivity index (χ3v) is 2.13. The SMILES string of the molecule is CCc1nc2[nH]c(=O)cc(CC)n2n1. The standard InChI is InChI=1S/C9H12N4O/c1-3-6-5-8(14)11-9-10-7(4-2)12-13(6)9/h5H,3-4H2,1-2H3,(H,10,11,12,14). The van der Waals surface area contributed by atoms with Crippen molar-refractivity contribution >= 4 is 5.78 Å². The molecular formula is C9H12N4O. The second kappa shape index (κ2) is 3.25. The van der Waals surface area contributed by atoms with Crippen molar-refractivity contribution in [2.75, 3.05) is 0 Å². The van der Waals surface area contributed by atoms with Crippen LogP contribution in [0.15, 0.2) is 10.9 Å². The Morgan fingerprint density at radius 1 is 1.43 bits per heavy atom. The highest BCUT2D eigenvalue weighted by Gasteiger charge is 2.06. The first kappa shape index (κ1) is 8.93. The van der Waals surface area contributed by atoms with Gasteiger partial charge in [0, 0.05) is 12.5 Å². The Morgan fingerprint density at radius 3 is 2.86 bits per heavy atom. The van der Waals surface area contributed by atoms with Crippen LogP contribution in [0.1, 0.15) is 25.4 Å². The summed E-state index contributed by atoms with van der Waals surface area (Å²) < 4.78 is 1.69. The molecule has 0 saturated carbocycles. The topological polar surface area (TPSA) is 63.0 Å². The molecule has 0 bridgehead atoms. The van der Waals surface area contributed by atoms with Crippen molar-refractivity contribution in [3.05, 3.63) is 27.9 Å². The molecule has 0 saturated heterocycles. The van der Waals surface area contributed by atoms with Crippen LogP contribution >= 0.6 is 0 Å². The first-order valence-electron chi connectivity index (χ1n) is 4.72. The first-order valence-corrected chi connectivity index (χ1v) is 4.72. The van der Waals surface area contributed by atoms with Gasteiger partial charge in [0.15, 0.2) is 5.82 Å². The summed E-state index contributed by atoms with van der Waals surface area (Å²) in [5, 5.41) is 4.28. The van der Waals surface area contributed by atoms with Crippen molar-refractivity contribution in [2.45, 2.75) is 26.7 Å². The number of hydrogen-bond donors (Lipinski definition) is 1. The van der Waals surface area contributed by atoms with E-state index in [2.05, 4.69) is 15.1 Å². The number of hydrogen-bond acceptors (Lipinski definition) is 3. The van der Waals surface area contributed by atoms with E-state index in [4.69, 9.17) is 0 Å². The zero-order chi connectivity index (χ0) is 10.1. The molecule has 0 aromatic carbocycles. The van der Waals surface area contributed by atoms with Gasteiger partial charge >= 0.3 is 0 Å². The molecule has 2 heterocycles. The van der Waals surface area contributed by atoms with Crippen LogP contribution in [0.5, 0.6) is 0 Å². The Balaban J connectivity index is 2.78. The minimum absolute atomic E-state index is 0.121. The lowest BCUT2D eigenvalue weighted by molar-refractivity contribution is 0.816. The monoisotopic (exact) mass is 192 g/mol. The molecule has 0 aliphatic heterocycles. The summed E-state index contributed by atoms with van der Waals surface area (Å²) in [6.45, 7) is 3.97. The molecule has 74 valence electrons. The first-order chi connectivity index (χ1) is 6.74. The third kappa shape index (κ3) is 1.30. The van der Waals surface area contributed by atoms with Crippen LogP contribution < -0.4 is 5.56 Å². The number of nitrogens with one attached hydrogen (secondary N) is 1. The molecule has 5 nitrogen and oxygen atoms in total. The highest BCUT2D eigenvalue weighted by atomic mass is 16.1. The zero-order valence-corrected chi connectivity index (χ0v) is 8.24. The summed E-state index contributed by atoms with van der Waals surface area (Å²) in [6, 6.07) is 1.56. The summed E-state index contributed by atoms with van der Waals surface area (Å²) in [7, 11) is 0.